The van der Waals surface area contributed by atoms with Crippen molar-refractivity contribution < 1.29 is 14.6 Å². The maximum Gasteiger partial charge on any atom is 0.223 e. The normalized spacial score (nSPS) is 12.2. The van der Waals surface area contributed by atoms with E-state index in [2.05, 4.69) is 10.3 Å². The fourth-order valence-electron chi connectivity index (χ4n) is 2.92. The minimum Gasteiger partial charge on any atom is -0.505 e. The number of methoxy groups -OCH3 is 1. The number of amides is 1. The van der Waals surface area contributed by atoms with Gasteiger partial charge in [-0.2, -0.15) is 0 Å². The van der Waals surface area contributed by atoms with Gasteiger partial charge in [0.15, 0.2) is 0 Å². The van der Waals surface area contributed by atoms with Crippen LogP contribution in [0, 0.1) is 5.92 Å². The monoisotopic (exact) mass is 350 g/mol. The standard InChI is InChI=1S/C21H22N2O3/c1-13(2)21(25)23-19(15-8-4-5-9-17(15)26-3)16-11-10-14-7-6-12-22-18(14)20(16)24/h4-13,19,24H,1-3H3,(H,23,25)/t19-/m1/s1. The number of carbonyl (C=O) groups is 1. The molecule has 5 nitrogen and oxygen atoms in total. The molecule has 1 heterocycles. The molecule has 0 saturated heterocycles. The molecule has 3 aromatic rings. The molecule has 0 saturated carbocycles. The summed E-state index contributed by atoms with van der Waals surface area (Å²) in [5.74, 6) is 0.402. The fourth-order valence-corrected chi connectivity index (χ4v) is 2.92. The van der Waals surface area contributed by atoms with Crippen molar-refractivity contribution in [3.63, 3.8) is 0 Å². The topological polar surface area (TPSA) is 71.5 Å². The van der Waals surface area contributed by atoms with E-state index in [1.165, 1.54) is 0 Å². The van der Waals surface area contributed by atoms with Crippen LogP contribution in [0.2, 0.25) is 0 Å². The summed E-state index contributed by atoms with van der Waals surface area (Å²) in [5.41, 5.74) is 1.85. The number of hydrogen-bond acceptors (Lipinski definition) is 4. The van der Waals surface area contributed by atoms with Crippen molar-refractivity contribution in [3.05, 3.63) is 65.9 Å². The molecule has 3 rings (SSSR count). The number of carbonyl (C=O) groups excluding carboxylic acids is 1. The number of hydrogen-bond donors (Lipinski definition) is 2. The Kier molecular flexibility index (Phi) is 5.07. The molecule has 1 amide bonds. The van der Waals surface area contributed by atoms with E-state index in [-0.39, 0.29) is 17.6 Å². The number of ether oxygens (including phenoxy) is 1. The summed E-state index contributed by atoms with van der Waals surface area (Å²) in [6, 6.07) is 14.3. The number of phenols is 1. The number of nitrogens with zero attached hydrogens (tertiary/aromatic N) is 1. The van der Waals surface area contributed by atoms with Crippen molar-refractivity contribution in [2.75, 3.05) is 7.11 Å². The fraction of sp³-hybridized carbons (Fsp3) is 0.238. The first kappa shape index (κ1) is 17.7. The van der Waals surface area contributed by atoms with E-state index in [1.54, 1.807) is 13.3 Å². The van der Waals surface area contributed by atoms with Gasteiger partial charge in [-0.15, -0.1) is 0 Å². The molecule has 0 aliphatic rings. The Morgan fingerprint density at radius 2 is 1.85 bits per heavy atom. The zero-order valence-corrected chi connectivity index (χ0v) is 15.1. The van der Waals surface area contributed by atoms with Crippen molar-refractivity contribution in [1.29, 1.82) is 0 Å². The van der Waals surface area contributed by atoms with Crippen LogP contribution in [0.4, 0.5) is 0 Å². The maximum absolute atomic E-state index is 12.4. The molecule has 0 spiro atoms. The minimum atomic E-state index is -0.549. The number of fused-ring (bicyclic) bond motifs is 1. The maximum atomic E-state index is 12.4. The number of rotatable bonds is 5. The second-order valence-corrected chi connectivity index (χ2v) is 6.42. The first-order valence-electron chi connectivity index (χ1n) is 8.52. The van der Waals surface area contributed by atoms with Crippen molar-refractivity contribution in [1.82, 2.24) is 10.3 Å². The van der Waals surface area contributed by atoms with E-state index in [9.17, 15) is 9.90 Å². The summed E-state index contributed by atoms with van der Waals surface area (Å²) in [5, 5.41) is 14.7. The Labute approximate surface area is 152 Å². The van der Waals surface area contributed by atoms with E-state index in [0.717, 1.165) is 10.9 Å². The lowest BCUT2D eigenvalue weighted by molar-refractivity contribution is -0.124. The van der Waals surface area contributed by atoms with Gasteiger partial charge < -0.3 is 15.2 Å². The number of aromatic hydroxyl groups is 1. The molecule has 0 aliphatic carbocycles. The first-order chi connectivity index (χ1) is 12.5. The Morgan fingerprint density at radius 1 is 1.08 bits per heavy atom. The summed E-state index contributed by atoms with van der Waals surface area (Å²) in [6.07, 6.45) is 1.64. The largest absolute Gasteiger partial charge is 0.505 e. The molecular weight excluding hydrogens is 328 g/mol. The van der Waals surface area contributed by atoms with Crippen LogP contribution >= 0.6 is 0 Å². The molecule has 0 fully saturated rings. The van der Waals surface area contributed by atoms with Gasteiger partial charge in [-0.05, 0) is 12.1 Å². The summed E-state index contributed by atoms with van der Waals surface area (Å²) >= 11 is 0. The third-order valence-electron chi connectivity index (χ3n) is 4.35. The minimum absolute atomic E-state index is 0.0584. The van der Waals surface area contributed by atoms with E-state index < -0.39 is 6.04 Å². The lowest BCUT2D eigenvalue weighted by Crippen LogP contribution is -2.32. The van der Waals surface area contributed by atoms with Gasteiger partial charge in [-0.3, -0.25) is 9.78 Å². The highest BCUT2D eigenvalue weighted by molar-refractivity contribution is 5.86. The predicted octanol–water partition coefficient (Wildman–Crippen LogP) is 3.81. The molecule has 0 aliphatic heterocycles. The first-order valence-corrected chi connectivity index (χ1v) is 8.52. The van der Waals surface area contributed by atoms with E-state index in [4.69, 9.17) is 4.74 Å². The van der Waals surface area contributed by atoms with Crippen LogP contribution in [-0.4, -0.2) is 23.1 Å². The molecule has 0 radical (unpaired) electrons. The van der Waals surface area contributed by atoms with Crippen LogP contribution in [0.5, 0.6) is 11.5 Å². The molecule has 134 valence electrons. The van der Waals surface area contributed by atoms with Crippen LogP contribution < -0.4 is 10.1 Å². The molecular formula is C21H22N2O3. The van der Waals surface area contributed by atoms with Gasteiger partial charge in [0.25, 0.3) is 0 Å². The predicted molar refractivity (Wildman–Crippen MR) is 101 cm³/mol. The summed E-state index contributed by atoms with van der Waals surface area (Å²) in [6.45, 7) is 3.66. The highest BCUT2D eigenvalue weighted by Gasteiger charge is 2.25. The van der Waals surface area contributed by atoms with Crippen LogP contribution in [-0.2, 0) is 4.79 Å². The van der Waals surface area contributed by atoms with E-state index in [0.29, 0.717) is 16.8 Å². The lowest BCUT2D eigenvalue weighted by atomic mass is 9.95. The summed E-state index contributed by atoms with van der Waals surface area (Å²) in [4.78, 5) is 16.7. The number of nitrogens with one attached hydrogen (secondary N) is 1. The van der Waals surface area contributed by atoms with Crippen LogP contribution in [0.3, 0.4) is 0 Å². The van der Waals surface area contributed by atoms with Crippen molar-refractivity contribution in [2.45, 2.75) is 19.9 Å². The molecule has 26 heavy (non-hydrogen) atoms. The second-order valence-electron chi connectivity index (χ2n) is 6.42. The highest BCUT2D eigenvalue weighted by atomic mass is 16.5. The third kappa shape index (κ3) is 3.33. The number of benzene rings is 2. The Balaban J connectivity index is 2.17. The van der Waals surface area contributed by atoms with Gasteiger partial charge in [-0.1, -0.05) is 50.2 Å². The van der Waals surface area contributed by atoms with Crippen molar-refractivity contribution in [2.24, 2.45) is 5.92 Å². The van der Waals surface area contributed by atoms with Gasteiger partial charge in [0.05, 0.1) is 13.2 Å². The average molecular weight is 350 g/mol. The molecule has 2 N–H and O–H groups in total. The number of pyridine rings is 1. The number of phenolic OH excluding ortho intramolecular Hbond substituents is 1. The van der Waals surface area contributed by atoms with Gasteiger partial charge in [0.1, 0.15) is 17.0 Å². The number of aromatic nitrogens is 1. The van der Waals surface area contributed by atoms with Crippen LogP contribution in [0.1, 0.15) is 31.0 Å². The Morgan fingerprint density at radius 3 is 2.58 bits per heavy atom. The Hall–Kier alpha value is -3.08. The molecule has 5 heteroatoms. The molecule has 1 aromatic heterocycles. The van der Waals surface area contributed by atoms with E-state index >= 15 is 0 Å². The third-order valence-corrected chi connectivity index (χ3v) is 4.35. The van der Waals surface area contributed by atoms with Crippen molar-refractivity contribution in [3.8, 4) is 11.5 Å². The molecule has 2 aromatic carbocycles. The summed E-state index contributed by atoms with van der Waals surface area (Å²) < 4.78 is 5.47. The summed E-state index contributed by atoms with van der Waals surface area (Å²) in [7, 11) is 1.59. The van der Waals surface area contributed by atoms with Gasteiger partial charge in [-0.25, -0.2) is 0 Å². The van der Waals surface area contributed by atoms with Crippen LogP contribution in [0.15, 0.2) is 54.7 Å². The zero-order chi connectivity index (χ0) is 18.7. The molecule has 1 atom stereocenters. The second kappa shape index (κ2) is 7.44. The molecule has 0 unspecified atom stereocenters. The highest BCUT2D eigenvalue weighted by Crippen LogP contribution is 2.37. The quantitative estimate of drug-likeness (QED) is 0.734. The van der Waals surface area contributed by atoms with Crippen LogP contribution in [0.25, 0.3) is 10.9 Å². The average Bonchev–Trinajstić information content (AvgIpc) is 2.66. The van der Waals surface area contributed by atoms with Gasteiger partial charge >= 0.3 is 0 Å². The molecule has 0 bridgehead atoms. The lowest BCUT2D eigenvalue weighted by Gasteiger charge is -2.24. The zero-order valence-electron chi connectivity index (χ0n) is 15.1. The van der Waals surface area contributed by atoms with E-state index in [1.807, 2.05) is 62.4 Å². The van der Waals surface area contributed by atoms with Crippen molar-refractivity contribution >= 4 is 16.8 Å². The smallest absolute Gasteiger partial charge is 0.223 e. The SMILES string of the molecule is COc1ccccc1[C@@H](NC(=O)C(C)C)c1ccc2cccnc2c1O. The number of para-hydroxylation sites is 1. The Bertz CT molecular complexity index is 937. The van der Waals surface area contributed by atoms with Gasteiger partial charge in [0, 0.05) is 28.6 Å². The van der Waals surface area contributed by atoms with Gasteiger partial charge in [0.2, 0.25) is 5.91 Å².